The van der Waals surface area contributed by atoms with Crippen molar-refractivity contribution in [3.8, 4) is 0 Å². The first-order chi connectivity index (χ1) is 18.6. The molecular formula is C24H19ClN6O8. The first-order valence-corrected chi connectivity index (χ1v) is 11.7. The predicted octanol–water partition coefficient (Wildman–Crippen LogP) is 3.60. The van der Waals surface area contributed by atoms with Gasteiger partial charge < -0.3 is 4.42 Å². The maximum Gasteiger partial charge on any atom is 0.305 e. The molecule has 3 N–H and O–H groups in total. The minimum absolute atomic E-state index is 0.0233. The number of hydrazone groups is 1. The van der Waals surface area contributed by atoms with E-state index < -0.39 is 38.9 Å². The van der Waals surface area contributed by atoms with Crippen LogP contribution < -0.4 is 16.3 Å². The van der Waals surface area contributed by atoms with E-state index in [4.69, 9.17) is 16.0 Å². The average Bonchev–Trinajstić information content (AvgIpc) is 3.27. The van der Waals surface area contributed by atoms with Gasteiger partial charge in [0.25, 0.3) is 23.2 Å². The number of hydrogen-bond acceptors (Lipinski definition) is 9. The van der Waals surface area contributed by atoms with Crippen LogP contribution in [0.4, 0.5) is 11.4 Å². The largest absolute Gasteiger partial charge is 0.455 e. The molecule has 0 radical (unpaired) electrons. The van der Waals surface area contributed by atoms with Crippen LogP contribution in [0.2, 0.25) is 5.02 Å². The summed E-state index contributed by atoms with van der Waals surface area (Å²) in [7, 11) is 0. The van der Waals surface area contributed by atoms with Crippen molar-refractivity contribution in [3.63, 3.8) is 0 Å². The van der Waals surface area contributed by atoms with Crippen molar-refractivity contribution in [2.45, 2.75) is 26.2 Å². The molecule has 3 aromatic rings. The summed E-state index contributed by atoms with van der Waals surface area (Å²) in [5.74, 6) is -2.06. The predicted molar refractivity (Wildman–Crippen MR) is 137 cm³/mol. The van der Waals surface area contributed by atoms with Crippen LogP contribution >= 0.6 is 11.6 Å². The summed E-state index contributed by atoms with van der Waals surface area (Å²) in [6, 6.07) is 8.85. The van der Waals surface area contributed by atoms with Crippen LogP contribution in [0.15, 0.2) is 52.0 Å². The maximum absolute atomic E-state index is 12.8. The first-order valence-electron chi connectivity index (χ1n) is 11.4. The van der Waals surface area contributed by atoms with E-state index in [9.17, 15) is 34.6 Å². The summed E-state index contributed by atoms with van der Waals surface area (Å²) >= 11 is 5.79. The standard InChI is InChI=1S/C24H19ClN6O8/c1-12-20-16(26-27-22(32)13-9-10-15(25)18(11-13)31(37)38)6-4-8-19(20)39-21(12)24(34)29-28-23(33)14-5-2-3-7-17(14)30(35)36/h2-3,5,7,9-11H,4,6,8H2,1H3,(H,27,32)(H,28,33)(H,29,34)/b26-16+. The number of nitrogens with one attached hydrogen (secondary N) is 3. The Labute approximate surface area is 224 Å². The zero-order valence-electron chi connectivity index (χ0n) is 20.1. The zero-order chi connectivity index (χ0) is 28.3. The fourth-order valence-electron chi connectivity index (χ4n) is 4.04. The van der Waals surface area contributed by atoms with E-state index in [1.165, 1.54) is 30.3 Å². The Balaban J connectivity index is 1.50. The molecule has 1 heterocycles. The summed E-state index contributed by atoms with van der Waals surface area (Å²) in [5, 5.41) is 26.3. The number of carbonyl (C=O) groups is 3. The van der Waals surface area contributed by atoms with Gasteiger partial charge in [-0.1, -0.05) is 23.7 Å². The van der Waals surface area contributed by atoms with Crippen molar-refractivity contribution < 1.29 is 28.6 Å². The van der Waals surface area contributed by atoms with Gasteiger partial charge in [-0.05, 0) is 38.0 Å². The lowest BCUT2D eigenvalue weighted by atomic mass is 9.93. The smallest absolute Gasteiger partial charge is 0.305 e. The molecule has 14 nitrogen and oxygen atoms in total. The van der Waals surface area contributed by atoms with Gasteiger partial charge in [-0.3, -0.25) is 45.5 Å². The van der Waals surface area contributed by atoms with E-state index in [-0.39, 0.29) is 21.9 Å². The Morgan fingerprint density at radius 2 is 1.64 bits per heavy atom. The van der Waals surface area contributed by atoms with Gasteiger partial charge in [0.05, 0.1) is 15.6 Å². The fourth-order valence-corrected chi connectivity index (χ4v) is 4.22. The number of fused-ring (bicyclic) bond motifs is 1. The number of nitrogens with zero attached hydrogens (tertiary/aromatic N) is 3. The number of furan rings is 1. The second-order valence-corrected chi connectivity index (χ2v) is 8.72. The monoisotopic (exact) mass is 554 g/mol. The number of hydrogen-bond donors (Lipinski definition) is 3. The second kappa shape index (κ2) is 11.1. The molecule has 1 aliphatic carbocycles. The van der Waals surface area contributed by atoms with Gasteiger partial charge in [0.15, 0.2) is 5.76 Å². The van der Waals surface area contributed by atoms with E-state index in [1.807, 2.05) is 0 Å². The number of benzene rings is 2. The van der Waals surface area contributed by atoms with Crippen LogP contribution in [-0.4, -0.2) is 33.3 Å². The molecule has 0 spiro atoms. The highest BCUT2D eigenvalue weighted by atomic mass is 35.5. The summed E-state index contributed by atoms with van der Waals surface area (Å²) in [6.07, 6.45) is 1.54. The number of amides is 3. The van der Waals surface area contributed by atoms with Gasteiger partial charge in [0.2, 0.25) is 0 Å². The topological polar surface area (TPSA) is 199 Å². The number of hydrazine groups is 1. The van der Waals surface area contributed by atoms with E-state index in [1.54, 1.807) is 6.92 Å². The minimum atomic E-state index is -0.892. The van der Waals surface area contributed by atoms with Crippen LogP contribution in [0.5, 0.6) is 0 Å². The van der Waals surface area contributed by atoms with Crippen molar-refractivity contribution in [2.24, 2.45) is 5.10 Å². The molecule has 0 fully saturated rings. The summed E-state index contributed by atoms with van der Waals surface area (Å²) < 4.78 is 5.72. The summed E-state index contributed by atoms with van der Waals surface area (Å²) in [6.45, 7) is 1.60. The van der Waals surface area contributed by atoms with E-state index in [2.05, 4.69) is 21.4 Å². The number of nitro groups is 2. The van der Waals surface area contributed by atoms with Gasteiger partial charge in [-0.2, -0.15) is 5.10 Å². The number of carbonyl (C=O) groups excluding carboxylic acids is 3. The lowest BCUT2D eigenvalue weighted by Crippen LogP contribution is -2.42. The molecule has 200 valence electrons. The number of rotatable bonds is 6. The Kier molecular flexibility index (Phi) is 7.67. The number of halogens is 1. The third-order valence-corrected chi connectivity index (χ3v) is 6.18. The van der Waals surface area contributed by atoms with Crippen LogP contribution in [0.25, 0.3) is 0 Å². The van der Waals surface area contributed by atoms with Gasteiger partial charge in [-0.15, -0.1) is 0 Å². The Morgan fingerprint density at radius 3 is 2.36 bits per heavy atom. The highest BCUT2D eigenvalue weighted by Gasteiger charge is 2.29. The van der Waals surface area contributed by atoms with Crippen molar-refractivity contribution >= 4 is 46.4 Å². The SMILES string of the molecule is Cc1c(C(=O)NNC(=O)c2ccccc2[N+](=O)[O-])oc2c1/C(=N/NC(=O)c1ccc(Cl)c([N+](=O)[O-])c1)CCC2. The molecule has 0 atom stereocenters. The van der Waals surface area contributed by atoms with Crippen molar-refractivity contribution in [3.05, 3.63) is 101 Å². The Bertz CT molecular complexity index is 1560. The number of para-hydroxylation sites is 1. The molecule has 0 unspecified atom stereocenters. The summed E-state index contributed by atoms with van der Waals surface area (Å²) in [5.41, 5.74) is 6.92. The molecule has 4 rings (SSSR count). The second-order valence-electron chi connectivity index (χ2n) is 8.31. The Hall–Kier alpha value is -5.11. The molecule has 3 amide bonds. The summed E-state index contributed by atoms with van der Waals surface area (Å²) in [4.78, 5) is 58.6. The number of aryl methyl sites for hydroxylation is 1. The molecule has 1 aromatic heterocycles. The van der Waals surface area contributed by atoms with Gasteiger partial charge in [-0.25, -0.2) is 5.43 Å². The van der Waals surface area contributed by atoms with Crippen LogP contribution in [0.1, 0.15) is 61.0 Å². The highest BCUT2D eigenvalue weighted by molar-refractivity contribution is 6.32. The maximum atomic E-state index is 12.8. The van der Waals surface area contributed by atoms with Crippen LogP contribution in [0, 0.1) is 27.2 Å². The molecule has 2 aromatic carbocycles. The fraction of sp³-hybridized carbons (Fsp3) is 0.167. The third-order valence-electron chi connectivity index (χ3n) is 5.86. The minimum Gasteiger partial charge on any atom is -0.455 e. The normalized spacial score (nSPS) is 13.3. The van der Waals surface area contributed by atoms with Crippen molar-refractivity contribution in [2.75, 3.05) is 0 Å². The lowest BCUT2D eigenvalue weighted by Gasteiger charge is -2.13. The van der Waals surface area contributed by atoms with Crippen LogP contribution in [-0.2, 0) is 6.42 Å². The average molecular weight is 555 g/mol. The molecule has 15 heteroatoms. The zero-order valence-corrected chi connectivity index (χ0v) is 20.9. The lowest BCUT2D eigenvalue weighted by molar-refractivity contribution is -0.385. The van der Waals surface area contributed by atoms with Gasteiger partial charge in [0, 0.05) is 35.2 Å². The molecular weight excluding hydrogens is 536 g/mol. The molecule has 0 saturated carbocycles. The quantitative estimate of drug-likeness (QED) is 0.303. The first kappa shape index (κ1) is 26.9. The third kappa shape index (κ3) is 5.60. The molecule has 39 heavy (non-hydrogen) atoms. The van der Waals surface area contributed by atoms with Gasteiger partial charge in [0.1, 0.15) is 16.3 Å². The van der Waals surface area contributed by atoms with Crippen molar-refractivity contribution in [1.82, 2.24) is 16.3 Å². The van der Waals surface area contributed by atoms with E-state index in [0.717, 1.165) is 12.1 Å². The molecule has 0 saturated heterocycles. The van der Waals surface area contributed by atoms with E-state index >= 15 is 0 Å². The Morgan fingerprint density at radius 1 is 0.949 bits per heavy atom. The van der Waals surface area contributed by atoms with Crippen LogP contribution in [0.3, 0.4) is 0 Å². The highest BCUT2D eigenvalue weighted by Crippen LogP contribution is 2.30. The molecule has 1 aliphatic rings. The van der Waals surface area contributed by atoms with Crippen molar-refractivity contribution in [1.29, 1.82) is 0 Å². The van der Waals surface area contributed by atoms with E-state index in [0.29, 0.717) is 41.9 Å². The molecule has 0 bridgehead atoms. The van der Waals surface area contributed by atoms with Gasteiger partial charge >= 0.3 is 5.91 Å². The number of nitro benzene ring substituents is 2. The molecule has 0 aliphatic heterocycles.